The monoisotopic (exact) mass is 350 g/mol. The average molecular weight is 350 g/mol. The zero-order chi connectivity index (χ0) is 18.5. The molecule has 2 amide bonds. The standard InChI is InChI=1S/C20H22N4O2/c1-2-9-23-20(26)24-17(11-21)19(18(24)13-25)15-7-5-14(6-8-15)16-4-3-10-22-12-16/h3-8,10,12,17-19,25H,2,9,13H2,1H3,(H,23,26)/t17-,18+,19+/m0/s1. The third kappa shape index (κ3) is 3.26. The van der Waals surface area contributed by atoms with E-state index in [2.05, 4.69) is 16.4 Å². The first-order valence-electron chi connectivity index (χ1n) is 8.78. The number of pyridine rings is 1. The normalized spacial score (nSPS) is 21.6. The van der Waals surface area contributed by atoms with Crippen LogP contribution >= 0.6 is 0 Å². The van der Waals surface area contributed by atoms with E-state index in [1.165, 1.54) is 4.90 Å². The number of aromatic nitrogens is 1. The summed E-state index contributed by atoms with van der Waals surface area (Å²) >= 11 is 0. The number of aliphatic hydroxyl groups excluding tert-OH is 1. The topological polar surface area (TPSA) is 89.2 Å². The summed E-state index contributed by atoms with van der Waals surface area (Å²) in [4.78, 5) is 17.9. The molecule has 26 heavy (non-hydrogen) atoms. The van der Waals surface area contributed by atoms with Crippen molar-refractivity contribution >= 4 is 6.03 Å². The Labute approximate surface area is 153 Å². The molecule has 1 aromatic heterocycles. The van der Waals surface area contributed by atoms with E-state index in [1.807, 2.05) is 43.3 Å². The zero-order valence-electron chi connectivity index (χ0n) is 14.7. The first-order chi connectivity index (χ1) is 12.7. The number of carbonyl (C=O) groups is 1. The highest BCUT2D eigenvalue weighted by molar-refractivity contribution is 5.77. The number of likely N-dealkylation sites (tertiary alicyclic amines) is 1. The van der Waals surface area contributed by atoms with E-state index in [4.69, 9.17) is 0 Å². The number of nitriles is 1. The van der Waals surface area contributed by atoms with Crippen LogP contribution in [0.5, 0.6) is 0 Å². The van der Waals surface area contributed by atoms with Gasteiger partial charge in [0.05, 0.1) is 18.7 Å². The predicted molar refractivity (Wildman–Crippen MR) is 98.2 cm³/mol. The molecule has 3 atom stereocenters. The molecule has 1 aliphatic rings. The van der Waals surface area contributed by atoms with Gasteiger partial charge in [-0.1, -0.05) is 37.3 Å². The number of urea groups is 1. The molecule has 2 heterocycles. The van der Waals surface area contributed by atoms with Gasteiger partial charge in [0.15, 0.2) is 0 Å². The summed E-state index contributed by atoms with van der Waals surface area (Å²) < 4.78 is 0. The third-order valence-electron chi connectivity index (χ3n) is 4.78. The molecule has 0 spiro atoms. The van der Waals surface area contributed by atoms with Gasteiger partial charge in [-0.25, -0.2) is 4.79 Å². The molecule has 3 rings (SSSR count). The summed E-state index contributed by atoms with van der Waals surface area (Å²) in [5, 5.41) is 22.1. The number of hydrogen-bond acceptors (Lipinski definition) is 4. The van der Waals surface area contributed by atoms with Gasteiger partial charge in [0, 0.05) is 24.9 Å². The second-order valence-corrected chi connectivity index (χ2v) is 6.35. The minimum Gasteiger partial charge on any atom is -0.394 e. The van der Waals surface area contributed by atoms with E-state index in [0.29, 0.717) is 6.54 Å². The molecule has 2 N–H and O–H groups in total. The Hall–Kier alpha value is -2.91. The van der Waals surface area contributed by atoms with Crippen LogP contribution in [0.3, 0.4) is 0 Å². The molecule has 1 aliphatic heterocycles. The van der Waals surface area contributed by atoms with Crippen LogP contribution in [0.2, 0.25) is 0 Å². The van der Waals surface area contributed by atoms with Crippen LogP contribution in [0.4, 0.5) is 4.79 Å². The van der Waals surface area contributed by atoms with Gasteiger partial charge in [0.2, 0.25) is 0 Å². The quantitative estimate of drug-likeness (QED) is 0.867. The predicted octanol–water partition coefficient (Wildman–Crippen LogP) is 2.52. The van der Waals surface area contributed by atoms with Crippen molar-refractivity contribution in [2.45, 2.75) is 31.3 Å². The molecule has 1 saturated heterocycles. The SMILES string of the molecule is CCCNC(=O)N1[C@H](CO)[C@H](c2ccc(-c3cccnc3)cc2)[C@@H]1C#N. The van der Waals surface area contributed by atoms with Crippen molar-refractivity contribution in [2.24, 2.45) is 0 Å². The lowest BCUT2D eigenvalue weighted by Gasteiger charge is -2.51. The highest BCUT2D eigenvalue weighted by atomic mass is 16.3. The van der Waals surface area contributed by atoms with Crippen LogP contribution in [-0.2, 0) is 0 Å². The molecule has 0 radical (unpaired) electrons. The molecule has 1 fully saturated rings. The maximum Gasteiger partial charge on any atom is 0.318 e. The van der Waals surface area contributed by atoms with Crippen LogP contribution in [0.15, 0.2) is 48.8 Å². The average Bonchev–Trinajstić information content (AvgIpc) is 2.67. The number of carbonyl (C=O) groups excluding carboxylic acids is 1. The summed E-state index contributed by atoms with van der Waals surface area (Å²) in [5.74, 6) is -0.194. The van der Waals surface area contributed by atoms with Gasteiger partial charge in [0.1, 0.15) is 6.04 Å². The van der Waals surface area contributed by atoms with Crippen LogP contribution in [0.1, 0.15) is 24.8 Å². The van der Waals surface area contributed by atoms with Crippen LogP contribution in [0.25, 0.3) is 11.1 Å². The molecular formula is C20H22N4O2. The van der Waals surface area contributed by atoms with E-state index >= 15 is 0 Å². The van der Waals surface area contributed by atoms with E-state index in [9.17, 15) is 15.2 Å². The van der Waals surface area contributed by atoms with Crippen molar-refractivity contribution in [1.29, 1.82) is 5.26 Å². The van der Waals surface area contributed by atoms with Gasteiger partial charge >= 0.3 is 6.03 Å². The van der Waals surface area contributed by atoms with Gasteiger partial charge in [0.25, 0.3) is 0 Å². The maximum absolute atomic E-state index is 12.3. The lowest BCUT2D eigenvalue weighted by Crippen LogP contribution is -2.67. The Morgan fingerprint density at radius 2 is 2.08 bits per heavy atom. The molecule has 0 aliphatic carbocycles. The number of rotatable bonds is 5. The number of benzene rings is 1. The van der Waals surface area contributed by atoms with E-state index in [-0.39, 0.29) is 24.6 Å². The Kier molecular flexibility index (Phi) is 5.49. The highest BCUT2D eigenvalue weighted by Gasteiger charge is 2.51. The van der Waals surface area contributed by atoms with Gasteiger partial charge in [-0.05, 0) is 29.2 Å². The number of amides is 2. The lowest BCUT2D eigenvalue weighted by atomic mass is 9.76. The second kappa shape index (κ2) is 7.98. The zero-order valence-corrected chi connectivity index (χ0v) is 14.7. The molecule has 6 nitrogen and oxygen atoms in total. The molecular weight excluding hydrogens is 328 g/mol. The fourth-order valence-electron chi connectivity index (χ4n) is 3.44. The smallest absolute Gasteiger partial charge is 0.318 e. The second-order valence-electron chi connectivity index (χ2n) is 6.35. The molecule has 0 unspecified atom stereocenters. The molecule has 0 bridgehead atoms. The number of aliphatic hydroxyl groups is 1. The van der Waals surface area contributed by atoms with Crippen molar-refractivity contribution < 1.29 is 9.90 Å². The largest absolute Gasteiger partial charge is 0.394 e. The fourth-order valence-corrected chi connectivity index (χ4v) is 3.44. The van der Waals surface area contributed by atoms with Gasteiger partial charge in [-0.15, -0.1) is 0 Å². The molecule has 134 valence electrons. The Bertz CT molecular complexity index is 786. The summed E-state index contributed by atoms with van der Waals surface area (Å²) in [7, 11) is 0. The molecule has 0 saturated carbocycles. The first-order valence-corrected chi connectivity index (χ1v) is 8.78. The fraction of sp³-hybridized carbons (Fsp3) is 0.350. The Balaban J connectivity index is 1.80. The Morgan fingerprint density at radius 3 is 2.65 bits per heavy atom. The van der Waals surface area contributed by atoms with Crippen LogP contribution < -0.4 is 5.32 Å². The van der Waals surface area contributed by atoms with Crippen LogP contribution in [-0.4, -0.2) is 46.3 Å². The van der Waals surface area contributed by atoms with Gasteiger partial charge in [-0.2, -0.15) is 5.26 Å². The van der Waals surface area contributed by atoms with E-state index < -0.39 is 6.04 Å². The van der Waals surface area contributed by atoms with Crippen molar-refractivity contribution in [2.75, 3.05) is 13.2 Å². The van der Waals surface area contributed by atoms with E-state index in [0.717, 1.165) is 23.1 Å². The maximum atomic E-state index is 12.3. The van der Waals surface area contributed by atoms with Crippen molar-refractivity contribution in [3.8, 4) is 17.2 Å². The summed E-state index contributed by atoms with van der Waals surface area (Å²) in [5.41, 5.74) is 3.00. The van der Waals surface area contributed by atoms with Crippen molar-refractivity contribution in [3.05, 3.63) is 54.4 Å². The van der Waals surface area contributed by atoms with Gasteiger partial charge < -0.3 is 15.3 Å². The van der Waals surface area contributed by atoms with Gasteiger partial charge in [-0.3, -0.25) is 4.98 Å². The summed E-state index contributed by atoms with van der Waals surface area (Å²) in [6, 6.07) is 12.7. The summed E-state index contributed by atoms with van der Waals surface area (Å²) in [6.07, 6.45) is 4.35. The third-order valence-corrected chi connectivity index (χ3v) is 4.78. The number of nitrogens with one attached hydrogen (secondary N) is 1. The van der Waals surface area contributed by atoms with Crippen molar-refractivity contribution in [3.63, 3.8) is 0 Å². The summed E-state index contributed by atoms with van der Waals surface area (Å²) in [6.45, 7) is 2.34. The number of hydrogen-bond donors (Lipinski definition) is 2. The molecule has 6 heteroatoms. The first kappa shape index (κ1) is 17.9. The number of nitrogens with zero attached hydrogens (tertiary/aromatic N) is 3. The van der Waals surface area contributed by atoms with Crippen molar-refractivity contribution in [1.82, 2.24) is 15.2 Å². The van der Waals surface area contributed by atoms with Crippen LogP contribution in [0, 0.1) is 11.3 Å². The minimum absolute atomic E-state index is 0.174. The minimum atomic E-state index is -0.576. The lowest BCUT2D eigenvalue weighted by molar-refractivity contribution is 0.0169. The highest BCUT2D eigenvalue weighted by Crippen LogP contribution is 2.40. The molecule has 2 aromatic rings. The van der Waals surface area contributed by atoms with E-state index in [1.54, 1.807) is 12.4 Å². The molecule has 1 aromatic carbocycles. The Morgan fingerprint density at radius 1 is 1.31 bits per heavy atom.